The van der Waals surface area contributed by atoms with E-state index in [9.17, 15) is 4.79 Å². The number of pyridine rings is 1. The second-order valence-electron chi connectivity index (χ2n) is 5.98. The Hall–Kier alpha value is -2.40. The first-order chi connectivity index (χ1) is 11.8. The maximum absolute atomic E-state index is 12.9. The van der Waals surface area contributed by atoms with Gasteiger partial charge in [-0.15, -0.1) is 0 Å². The molecule has 0 saturated carbocycles. The van der Waals surface area contributed by atoms with Gasteiger partial charge in [-0.3, -0.25) is 4.79 Å². The summed E-state index contributed by atoms with van der Waals surface area (Å²) in [5, 5.41) is 3.15. The van der Waals surface area contributed by atoms with Crippen LogP contribution in [0.5, 0.6) is 0 Å². The van der Waals surface area contributed by atoms with E-state index in [1.807, 2.05) is 54.5 Å². The van der Waals surface area contributed by atoms with Gasteiger partial charge in [0.25, 0.3) is 5.91 Å². The maximum Gasteiger partial charge on any atom is 0.254 e. The van der Waals surface area contributed by atoms with Gasteiger partial charge in [0.15, 0.2) is 0 Å². The van der Waals surface area contributed by atoms with E-state index in [0.717, 1.165) is 56.1 Å². The third kappa shape index (κ3) is 3.74. The van der Waals surface area contributed by atoms with Gasteiger partial charge in [-0.2, -0.15) is 0 Å². The molecular weight excluding hydrogens is 300 g/mol. The highest BCUT2D eigenvalue weighted by Gasteiger charge is 2.23. The summed E-state index contributed by atoms with van der Waals surface area (Å²) in [5.74, 6) is 1.13. The molecule has 0 aliphatic carbocycles. The molecule has 0 atom stereocenters. The van der Waals surface area contributed by atoms with E-state index in [0.29, 0.717) is 0 Å². The van der Waals surface area contributed by atoms with Gasteiger partial charge in [0, 0.05) is 37.9 Å². The van der Waals surface area contributed by atoms with E-state index in [1.165, 1.54) is 0 Å². The molecule has 1 fully saturated rings. The minimum atomic E-state index is 0.141. The molecule has 2 aromatic rings. The molecule has 126 valence electrons. The second-order valence-corrected chi connectivity index (χ2v) is 5.98. The van der Waals surface area contributed by atoms with Crippen molar-refractivity contribution in [3.8, 4) is 0 Å². The van der Waals surface area contributed by atoms with Crippen molar-refractivity contribution < 1.29 is 4.79 Å². The molecule has 5 heteroatoms. The topological polar surface area (TPSA) is 48.5 Å². The van der Waals surface area contributed by atoms with Gasteiger partial charge >= 0.3 is 0 Å². The van der Waals surface area contributed by atoms with Crippen LogP contribution >= 0.6 is 0 Å². The van der Waals surface area contributed by atoms with Crippen molar-refractivity contribution in [1.29, 1.82) is 0 Å². The standard InChI is InChI=1S/C19H24N4O/c1-20-11-9-16-6-2-3-7-17(16)19(24)23-14-12-22(13-15-23)18-8-4-5-10-21-18/h2-8,10,20H,9,11-15H2,1H3. The predicted molar refractivity (Wildman–Crippen MR) is 96.4 cm³/mol. The van der Waals surface area contributed by atoms with Crippen molar-refractivity contribution in [2.75, 3.05) is 44.7 Å². The Bertz CT molecular complexity index is 666. The van der Waals surface area contributed by atoms with Crippen LogP contribution in [0.1, 0.15) is 15.9 Å². The molecule has 5 nitrogen and oxygen atoms in total. The van der Waals surface area contributed by atoms with Crippen molar-refractivity contribution in [2.45, 2.75) is 6.42 Å². The number of nitrogens with one attached hydrogen (secondary N) is 1. The number of rotatable bonds is 5. The lowest BCUT2D eigenvalue weighted by molar-refractivity contribution is 0.0745. The number of amides is 1. The highest BCUT2D eigenvalue weighted by atomic mass is 16.2. The quantitative estimate of drug-likeness (QED) is 0.911. The Morgan fingerprint density at radius 3 is 2.54 bits per heavy atom. The molecule has 1 aliphatic heterocycles. The largest absolute Gasteiger partial charge is 0.353 e. The van der Waals surface area contributed by atoms with Gasteiger partial charge in [-0.1, -0.05) is 24.3 Å². The molecule has 1 N–H and O–H groups in total. The molecule has 0 spiro atoms. The van der Waals surface area contributed by atoms with Gasteiger partial charge in [0.05, 0.1) is 0 Å². The molecule has 2 heterocycles. The van der Waals surface area contributed by atoms with Crippen molar-refractivity contribution in [2.24, 2.45) is 0 Å². The van der Waals surface area contributed by atoms with Crippen LogP contribution in [0.3, 0.4) is 0 Å². The number of hydrogen-bond acceptors (Lipinski definition) is 4. The fourth-order valence-corrected chi connectivity index (χ4v) is 3.06. The highest BCUT2D eigenvalue weighted by Crippen LogP contribution is 2.17. The van der Waals surface area contributed by atoms with Crippen LogP contribution in [0.2, 0.25) is 0 Å². The number of anilines is 1. The number of aromatic nitrogens is 1. The average molecular weight is 324 g/mol. The molecule has 0 radical (unpaired) electrons. The highest BCUT2D eigenvalue weighted by molar-refractivity contribution is 5.95. The van der Waals surface area contributed by atoms with Crippen LogP contribution < -0.4 is 10.2 Å². The second kappa shape index (κ2) is 7.93. The summed E-state index contributed by atoms with van der Waals surface area (Å²) < 4.78 is 0. The van der Waals surface area contributed by atoms with Gasteiger partial charge in [-0.25, -0.2) is 4.98 Å². The third-order valence-electron chi connectivity index (χ3n) is 4.43. The average Bonchev–Trinajstić information content (AvgIpc) is 2.67. The number of likely N-dealkylation sites (N-methyl/N-ethyl adjacent to an activating group) is 1. The number of carbonyl (C=O) groups excluding carboxylic acids is 1. The van der Waals surface area contributed by atoms with E-state index in [2.05, 4.69) is 21.3 Å². The van der Waals surface area contributed by atoms with Crippen LogP contribution in [0.4, 0.5) is 5.82 Å². The van der Waals surface area contributed by atoms with Crippen LogP contribution in [0.25, 0.3) is 0 Å². The van der Waals surface area contributed by atoms with E-state index in [4.69, 9.17) is 0 Å². The lowest BCUT2D eigenvalue weighted by Crippen LogP contribution is -2.49. The van der Waals surface area contributed by atoms with Crippen LogP contribution in [-0.4, -0.2) is 55.6 Å². The number of benzene rings is 1. The normalized spacial score (nSPS) is 14.7. The molecule has 0 bridgehead atoms. The predicted octanol–water partition coefficient (Wildman–Crippen LogP) is 1.81. The van der Waals surface area contributed by atoms with Gasteiger partial charge in [-0.05, 0) is 43.8 Å². The van der Waals surface area contributed by atoms with Crippen LogP contribution in [0, 0.1) is 0 Å². The van der Waals surface area contributed by atoms with E-state index < -0.39 is 0 Å². The summed E-state index contributed by atoms with van der Waals surface area (Å²) >= 11 is 0. The van der Waals surface area contributed by atoms with Gasteiger partial charge in [0.1, 0.15) is 5.82 Å². The van der Waals surface area contributed by atoms with Crippen molar-refractivity contribution >= 4 is 11.7 Å². The number of hydrogen-bond donors (Lipinski definition) is 1. The zero-order valence-corrected chi connectivity index (χ0v) is 14.1. The smallest absolute Gasteiger partial charge is 0.254 e. The molecular formula is C19H24N4O. The number of carbonyl (C=O) groups is 1. The Balaban J connectivity index is 1.65. The lowest BCUT2D eigenvalue weighted by Gasteiger charge is -2.35. The molecule has 1 aromatic heterocycles. The first kappa shape index (κ1) is 16.5. The minimum absolute atomic E-state index is 0.141. The Labute approximate surface area is 143 Å². The summed E-state index contributed by atoms with van der Waals surface area (Å²) in [6.07, 6.45) is 2.68. The first-order valence-corrected chi connectivity index (χ1v) is 8.47. The lowest BCUT2D eigenvalue weighted by atomic mass is 10.0. The molecule has 1 aromatic carbocycles. The van der Waals surface area contributed by atoms with Crippen molar-refractivity contribution in [1.82, 2.24) is 15.2 Å². The Morgan fingerprint density at radius 2 is 1.83 bits per heavy atom. The molecule has 1 amide bonds. The maximum atomic E-state index is 12.9. The molecule has 24 heavy (non-hydrogen) atoms. The Kier molecular flexibility index (Phi) is 5.43. The molecule has 1 saturated heterocycles. The van der Waals surface area contributed by atoms with E-state index in [-0.39, 0.29) is 5.91 Å². The minimum Gasteiger partial charge on any atom is -0.353 e. The summed E-state index contributed by atoms with van der Waals surface area (Å²) in [6.45, 7) is 3.98. The summed E-state index contributed by atoms with van der Waals surface area (Å²) in [6, 6.07) is 13.9. The monoisotopic (exact) mass is 324 g/mol. The number of nitrogens with zero attached hydrogens (tertiary/aromatic N) is 3. The molecule has 0 unspecified atom stereocenters. The fourth-order valence-electron chi connectivity index (χ4n) is 3.06. The van der Waals surface area contributed by atoms with Gasteiger partial charge in [0.2, 0.25) is 0 Å². The number of piperazine rings is 1. The molecule has 3 rings (SSSR count). The van der Waals surface area contributed by atoms with Crippen molar-refractivity contribution in [3.63, 3.8) is 0 Å². The Morgan fingerprint density at radius 1 is 1.08 bits per heavy atom. The fraction of sp³-hybridized carbons (Fsp3) is 0.368. The van der Waals surface area contributed by atoms with E-state index >= 15 is 0 Å². The zero-order chi connectivity index (χ0) is 16.8. The third-order valence-corrected chi connectivity index (χ3v) is 4.43. The SMILES string of the molecule is CNCCc1ccccc1C(=O)N1CCN(c2ccccn2)CC1. The van der Waals surface area contributed by atoms with Crippen molar-refractivity contribution in [3.05, 3.63) is 59.8 Å². The van der Waals surface area contributed by atoms with Gasteiger partial charge < -0.3 is 15.1 Å². The summed E-state index contributed by atoms with van der Waals surface area (Å²) in [7, 11) is 1.93. The summed E-state index contributed by atoms with van der Waals surface area (Å²) in [5.41, 5.74) is 1.95. The van der Waals surface area contributed by atoms with E-state index in [1.54, 1.807) is 0 Å². The molecule has 1 aliphatic rings. The first-order valence-electron chi connectivity index (χ1n) is 8.47. The summed E-state index contributed by atoms with van der Waals surface area (Å²) in [4.78, 5) is 21.5. The zero-order valence-electron chi connectivity index (χ0n) is 14.1. The van der Waals surface area contributed by atoms with Crippen LogP contribution in [-0.2, 0) is 6.42 Å². The van der Waals surface area contributed by atoms with Crippen LogP contribution in [0.15, 0.2) is 48.7 Å².